The highest BCUT2D eigenvalue weighted by Gasteiger charge is 2.12. The van der Waals surface area contributed by atoms with Crippen LogP contribution in [-0.4, -0.2) is 7.11 Å². The normalized spacial score (nSPS) is 10.8. The molecule has 0 radical (unpaired) electrons. The zero-order chi connectivity index (χ0) is 14.8. The average molecular weight is 367 g/mol. The number of halogens is 2. The molecule has 0 saturated carbocycles. The van der Waals surface area contributed by atoms with E-state index in [1.165, 1.54) is 0 Å². The average Bonchev–Trinajstić information content (AvgIpc) is 2.82. The summed E-state index contributed by atoms with van der Waals surface area (Å²) >= 11 is 9.61. The van der Waals surface area contributed by atoms with Gasteiger partial charge in [-0.2, -0.15) is 0 Å². The van der Waals surface area contributed by atoms with Gasteiger partial charge < -0.3 is 14.5 Å². The van der Waals surface area contributed by atoms with Gasteiger partial charge in [0.25, 0.3) is 0 Å². The van der Waals surface area contributed by atoms with Crippen molar-refractivity contribution in [3.63, 3.8) is 0 Å². The van der Waals surface area contributed by atoms with E-state index < -0.39 is 0 Å². The molecule has 0 saturated heterocycles. The van der Waals surface area contributed by atoms with Crippen LogP contribution in [-0.2, 0) is 6.54 Å². The number of nitrogens with one attached hydrogen (secondary N) is 1. The van der Waals surface area contributed by atoms with Crippen molar-refractivity contribution in [2.24, 2.45) is 0 Å². The summed E-state index contributed by atoms with van der Waals surface area (Å²) in [5.41, 5.74) is 2.71. The third kappa shape index (κ3) is 2.87. The summed E-state index contributed by atoms with van der Waals surface area (Å²) in [6, 6.07) is 13.7. The number of rotatable bonds is 4. The summed E-state index contributed by atoms with van der Waals surface area (Å²) < 4.78 is 11.7. The number of benzene rings is 2. The first-order valence-electron chi connectivity index (χ1n) is 6.42. The van der Waals surface area contributed by atoms with E-state index in [1.807, 2.05) is 42.5 Å². The number of furan rings is 1. The van der Waals surface area contributed by atoms with Crippen LogP contribution >= 0.6 is 27.5 Å². The number of para-hydroxylation sites is 1. The van der Waals surface area contributed by atoms with Gasteiger partial charge in [-0.3, -0.25) is 0 Å². The van der Waals surface area contributed by atoms with Gasteiger partial charge in [0, 0.05) is 29.2 Å². The van der Waals surface area contributed by atoms with Crippen LogP contribution in [0.4, 0.5) is 5.69 Å². The molecule has 3 aromatic rings. The molecule has 0 spiro atoms. The van der Waals surface area contributed by atoms with E-state index in [-0.39, 0.29) is 0 Å². The molecule has 0 bridgehead atoms. The summed E-state index contributed by atoms with van der Waals surface area (Å²) in [7, 11) is 1.64. The lowest BCUT2D eigenvalue weighted by atomic mass is 10.2. The van der Waals surface area contributed by atoms with E-state index in [4.69, 9.17) is 20.8 Å². The second-order valence-electron chi connectivity index (χ2n) is 4.55. The molecule has 0 amide bonds. The smallest absolute Gasteiger partial charge is 0.199 e. The van der Waals surface area contributed by atoms with Crippen molar-refractivity contribution >= 4 is 44.2 Å². The summed E-state index contributed by atoms with van der Waals surface area (Å²) in [5, 5.41) is 4.79. The lowest BCUT2D eigenvalue weighted by molar-refractivity contribution is 0.412. The molecule has 2 aromatic carbocycles. The molecule has 21 heavy (non-hydrogen) atoms. The Labute approximate surface area is 136 Å². The highest BCUT2D eigenvalue weighted by Crippen LogP contribution is 2.31. The van der Waals surface area contributed by atoms with E-state index in [0.29, 0.717) is 11.8 Å². The van der Waals surface area contributed by atoms with Crippen LogP contribution in [0, 0.1) is 0 Å². The predicted octanol–water partition coefficient (Wildman–Crippen LogP) is 5.47. The molecule has 0 aliphatic carbocycles. The minimum atomic E-state index is 0.424. The standard InChI is InChI=1S/C16H13BrClNO2/c1-20-15-8-10(6-7-13(15)17)19-9-12-11-4-2-3-5-14(11)21-16(12)18/h2-8,19H,9H2,1H3. The predicted molar refractivity (Wildman–Crippen MR) is 89.2 cm³/mol. The molecule has 108 valence electrons. The first-order chi connectivity index (χ1) is 10.2. The van der Waals surface area contributed by atoms with Crippen molar-refractivity contribution in [3.8, 4) is 5.75 Å². The van der Waals surface area contributed by atoms with Crippen molar-refractivity contribution in [1.82, 2.24) is 0 Å². The molecule has 0 aliphatic heterocycles. The van der Waals surface area contributed by atoms with Crippen molar-refractivity contribution in [2.45, 2.75) is 6.54 Å². The number of hydrogen-bond acceptors (Lipinski definition) is 3. The molecule has 5 heteroatoms. The summed E-state index contributed by atoms with van der Waals surface area (Å²) in [5.74, 6) is 0.781. The Balaban J connectivity index is 1.85. The quantitative estimate of drug-likeness (QED) is 0.665. The number of ether oxygens (including phenoxy) is 1. The monoisotopic (exact) mass is 365 g/mol. The van der Waals surface area contributed by atoms with Gasteiger partial charge in [0.2, 0.25) is 0 Å². The first kappa shape index (κ1) is 14.3. The fraction of sp³-hybridized carbons (Fsp3) is 0.125. The van der Waals surface area contributed by atoms with Crippen LogP contribution in [0.3, 0.4) is 0 Å². The molecule has 0 atom stereocenters. The van der Waals surface area contributed by atoms with Crippen LogP contribution in [0.1, 0.15) is 5.56 Å². The molecule has 1 N–H and O–H groups in total. The molecule has 3 rings (SSSR count). The Morgan fingerprint density at radius 2 is 2.05 bits per heavy atom. The number of methoxy groups -OCH3 is 1. The largest absolute Gasteiger partial charge is 0.495 e. The number of hydrogen-bond donors (Lipinski definition) is 1. The highest BCUT2D eigenvalue weighted by molar-refractivity contribution is 9.10. The summed E-state index contributed by atoms with van der Waals surface area (Å²) in [6.07, 6.45) is 0. The minimum Gasteiger partial charge on any atom is -0.495 e. The SMILES string of the molecule is COc1cc(NCc2c(Cl)oc3ccccc23)ccc1Br. The Morgan fingerprint density at radius 3 is 2.86 bits per heavy atom. The van der Waals surface area contributed by atoms with E-state index in [2.05, 4.69) is 21.2 Å². The third-order valence-electron chi connectivity index (χ3n) is 3.27. The number of fused-ring (bicyclic) bond motifs is 1. The number of anilines is 1. The topological polar surface area (TPSA) is 34.4 Å². The Bertz CT molecular complexity index is 785. The summed E-state index contributed by atoms with van der Waals surface area (Å²) in [6.45, 7) is 0.584. The second kappa shape index (κ2) is 6.00. The highest BCUT2D eigenvalue weighted by atomic mass is 79.9. The maximum Gasteiger partial charge on any atom is 0.199 e. The Kier molecular flexibility index (Phi) is 4.08. The second-order valence-corrected chi connectivity index (χ2v) is 5.75. The first-order valence-corrected chi connectivity index (χ1v) is 7.59. The van der Waals surface area contributed by atoms with Crippen LogP contribution in [0.2, 0.25) is 5.22 Å². The van der Waals surface area contributed by atoms with Gasteiger partial charge in [-0.05, 0) is 45.7 Å². The van der Waals surface area contributed by atoms with Gasteiger partial charge in [-0.1, -0.05) is 18.2 Å². The van der Waals surface area contributed by atoms with Crippen molar-refractivity contribution in [1.29, 1.82) is 0 Å². The third-order valence-corrected chi connectivity index (χ3v) is 4.23. The summed E-state index contributed by atoms with van der Waals surface area (Å²) in [4.78, 5) is 0. The lowest BCUT2D eigenvalue weighted by Crippen LogP contribution is -1.99. The molecule has 1 aromatic heterocycles. The molecular formula is C16H13BrClNO2. The van der Waals surface area contributed by atoms with E-state index in [0.717, 1.165) is 32.4 Å². The van der Waals surface area contributed by atoms with Gasteiger partial charge in [0.15, 0.2) is 5.22 Å². The maximum atomic E-state index is 6.18. The van der Waals surface area contributed by atoms with E-state index in [1.54, 1.807) is 7.11 Å². The molecule has 0 aliphatic rings. The minimum absolute atomic E-state index is 0.424. The van der Waals surface area contributed by atoms with Crippen LogP contribution in [0.5, 0.6) is 5.75 Å². The lowest BCUT2D eigenvalue weighted by Gasteiger charge is -2.09. The fourth-order valence-corrected chi connectivity index (χ4v) is 2.85. The van der Waals surface area contributed by atoms with Gasteiger partial charge in [-0.25, -0.2) is 0 Å². The van der Waals surface area contributed by atoms with Gasteiger partial charge in [-0.15, -0.1) is 0 Å². The van der Waals surface area contributed by atoms with E-state index >= 15 is 0 Å². The molecule has 3 nitrogen and oxygen atoms in total. The maximum absolute atomic E-state index is 6.18. The van der Waals surface area contributed by atoms with Crippen molar-refractivity contribution < 1.29 is 9.15 Å². The fourth-order valence-electron chi connectivity index (χ4n) is 2.19. The molecule has 0 fully saturated rings. The van der Waals surface area contributed by atoms with Crippen LogP contribution in [0.25, 0.3) is 11.0 Å². The van der Waals surface area contributed by atoms with Crippen LogP contribution < -0.4 is 10.1 Å². The van der Waals surface area contributed by atoms with Gasteiger partial charge in [0.05, 0.1) is 11.6 Å². The van der Waals surface area contributed by atoms with Gasteiger partial charge in [0.1, 0.15) is 11.3 Å². The van der Waals surface area contributed by atoms with Crippen molar-refractivity contribution in [2.75, 3.05) is 12.4 Å². The Morgan fingerprint density at radius 1 is 1.24 bits per heavy atom. The van der Waals surface area contributed by atoms with E-state index in [9.17, 15) is 0 Å². The van der Waals surface area contributed by atoms with Crippen LogP contribution in [0.15, 0.2) is 51.4 Å². The Hall–Kier alpha value is -1.65. The molecular weight excluding hydrogens is 354 g/mol. The zero-order valence-corrected chi connectivity index (χ0v) is 13.7. The van der Waals surface area contributed by atoms with Gasteiger partial charge >= 0.3 is 0 Å². The molecule has 1 heterocycles. The molecule has 0 unspecified atom stereocenters. The zero-order valence-electron chi connectivity index (χ0n) is 11.3. The van der Waals surface area contributed by atoms with Crippen molar-refractivity contribution in [3.05, 3.63) is 57.7 Å².